The van der Waals surface area contributed by atoms with Gasteiger partial charge in [0.2, 0.25) is 0 Å². The van der Waals surface area contributed by atoms with Gasteiger partial charge in [-0.3, -0.25) is 0 Å². The highest BCUT2D eigenvalue weighted by atomic mass is 79.9. The molecule has 0 saturated carbocycles. The standard InChI is InChI=1S/C6H7BrF2N2S/c1-6(8,9)3-11-5-10-2-4(7)12-5/h2H,3H2,1H3,(H,10,11). The molecule has 0 spiro atoms. The van der Waals surface area contributed by atoms with Gasteiger partial charge in [0.15, 0.2) is 5.13 Å². The minimum Gasteiger partial charge on any atom is -0.355 e. The van der Waals surface area contributed by atoms with E-state index < -0.39 is 5.92 Å². The summed E-state index contributed by atoms with van der Waals surface area (Å²) in [6.45, 7) is 0.482. The van der Waals surface area contributed by atoms with Gasteiger partial charge in [-0.1, -0.05) is 11.3 Å². The molecule has 6 heteroatoms. The predicted octanol–water partition coefficient (Wildman–Crippen LogP) is 2.97. The molecule has 0 unspecified atom stereocenters. The fourth-order valence-electron chi connectivity index (χ4n) is 0.567. The molecular formula is C6H7BrF2N2S. The number of anilines is 1. The fraction of sp³-hybridized carbons (Fsp3) is 0.500. The van der Waals surface area contributed by atoms with Crippen LogP contribution in [0.3, 0.4) is 0 Å². The third-order valence-electron chi connectivity index (χ3n) is 1.03. The molecule has 1 aromatic heterocycles. The molecule has 0 aliphatic rings. The molecule has 0 aliphatic heterocycles. The molecular weight excluding hydrogens is 250 g/mol. The lowest BCUT2D eigenvalue weighted by Crippen LogP contribution is -2.22. The van der Waals surface area contributed by atoms with Crippen molar-refractivity contribution in [3.05, 3.63) is 9.98 Å². The van der Waals surface area contributed by atoms with E-state index in [2.05, 4.69) is 26.2 Å². The number of nitrogens with one attached hydrogen (secondary N) is 1. The molecule has 0 aliphatic carbocycles. The minimum absolute atomic E-state index is 0.382. The Morgan fingerprint density at radius 1 is 1.75 bits per heavy atom. The van der Waals surface area contributed by atoms with Crippen molar-refractivity contribution >= 4 is 32.4 Å². The highest BCUT2D eigenvalue weighted by Crippen LogP contribution is 2.24. The van der Waals surface area contributed by atoms with Crippen LogP contribution in [0.2, 0.25) is 0 Å². The molecule has 0 radical (unpaired) electrons. The Bertz CT molecular complexity index is 258. The maximum atomic E-state index is 12.3. The van der Waals surface area contributed by atoms with Gasteiger partial charge in [0, 0.05) is 6.92 Å². The molecule has 0 aromatic carbocycles. The van der Waals surface area contributed by atoms with Crippen LogP contribution >= 0.6 is 27.3 Å². The third-order valence-corrected chi connectivity index (χ3v) is 2.46. The van der Waals surface area contributed by atoms with Gasteiger partial charge in [-0.15, -0.1) is 0 Å². The van der Waals surface area contributed by atoms with E-state index in [1.807, 2.05) is 0 Å². The van der Waals surface area contributed by atoms with E-state index >= 15 is 0 Å². The van der Waals surface area contributed by atoms with E-state index in [4.69, 9.17) is 0 Å². The zero-order chi connectivity index (χ0) is 9.19. The van der Waals surface area contributed by atoms with Crippen LogP contribution in [-0.4, -0.2) is 17.5 Å². The number of aromatic nitrogens is 1. The topological polar surface area (TPSA) is 24.9 Å². The van der Waals surface area contributed by atoms with E-state index in [0.717, 1.165) is 10.7 Å². The number of hydrogen-bond donors (Lipinski definition) is 1. The van der Waals surface area contributed by atoms with E-state index in [-0.39, 0.29) is 6.54 Å². The summed E-state index contributed by atoms with van der Waals surface area (Å²) < 4.78 is 25.5. The van der Waals surface area contributed by atoms with E-state index in [9.17, 15) is 8.78 Å². The van der Waals surface area contributed by atoms with Crippen molar-refractivity contribution in [2.24, 2.45) is 0 Å². The van der Waals surface area contributed by atoms with Gasteiger partial charge in [-0.05, 0) is 15.9 Å². The maximum Gasteiger partial charge on any atom is 0.262 e. The van der Waals surface area contributed by atoms with Crippen molar-refractivity contribution in [2.75, 3.05) is 11.9 Å². The summed E-state index contributed by atoms with van der Waals surface area (Å²) in [7, 11) is 0. The summed E-state index contributed by atoms with van der Waals surface area (Å²) in [6.07, 6.45) is 1.57. The number of rotatable bonds is 3. The second-order valence-electron chi connectivity index (χ2n) is 2.39. The van der Waals surface area contributed by atoms with Gasteiger partial charge in [0.05, 0.1) is 16.5 Å². The molecule has 0 atom stereocenters. The lowest BCUT2D eigenvalue weighted by Gasteiger charge is -2.09. The lowest BCUT2D eigenvalue weighted by molar-refractivity contribution is 0.0368. The summed E-state index contributed by atoms with van der Waals surface area (Å²) in [5, 5.41) is 3.04. The van der Waals surface area contributed by atoms with Crippen molar-refractivity contribution in [1.29, 1.82) is 0 Å². The van der Waals surface area contributed by atoms with Gasteiger partial charge < -0.3 is 5.32 Å². The normalized spacial score (nSPS) is 11.7. The largest absolute Gasteiger partial charge is 0.355 e. The average Bonchev–Trinajstić information content (AvgIpc) is 2.30. The van der Waals surface area contributed by atoms with Crippen LogP contribution in [0.15, 0.2) is 9.98 Å². The Morgan fingerprint density at radius 3 is 2.83 bits per heavy atom. The Hall–Kier alpha value is -0.230. The van der Waals surface area contributed by atoms with Crippen molar-refractivity contribution < 1.29 is 8.78 Å². The number of halogens is 3. The molecule has 0 saturated heterocycles. The van der Waals surface area contributed by atoms with Crippen LogP contribution in [0.4, 0.5) is 13.9 Å². The fourth-order valence-corrected chi connectivity index (χ4v) is 1.67. The SMILES string of the molecule is CC(F)(F)CNc1ncc(Br)s1. The van der Waals surface area contributed by atoms with Gasteiger partial charge in [-0.25, -0.2) is 13.8 Å². The predicted molar refractivity (Wildman–Crippen MR) is 48.9 cm³/mol. The Morgan fingerprint density at radius 2 is 2.42 bits per heavy atom. The van der Waals surface area contributed by atoms with E-state index in [1.54, 1.807) is 6.20 Å². The summed E-state index contributed by atoms with van der Waals surface area (Å²) in [6, 6.07) is 0. The molecule has 0 fully saturated rings. The zero-order valence-electron chi connectivity index (χ0n) is 6.27. The first kappa shape index (κ1) is 9.85. The summed E-state index contributed by atoms with van der Waals surface area (Å²) in [5.74, 6) is -2.70. The van der Waals surface area contributed by atoms with Gasteiger partial charge >= 0.3 is 0 Å². The molecule has 1 aromatic rings. The second kappa shape index (κ2) is 3.66. The highest BCUT2D eigenvalue weighted by molar-refractivity contribution is 9.11. The van der Waals surface area contributed by atoms with Gasteiger partial charge in [0.1, 0.15) is 0 Å². The molecule has 2 nitrogen and oxygen atoms in total. The van der Waals surface area contributed by atoms with Crippen LogP contribution in [0.1, 0.15) is 6.92 Å². The van der Waals surface area contributed by atoms with Crippen LogP contribution in [0.5, 0.6) is 0 Å². The van der Waals surface area contributed by atoms with Crippen LogP contribution in [0, 0.1) is 0 Å². The molecule has 1 rings (SSSR count). The minimum atomic E-state index is -2.70. The molecule has 68 valence electrons. The Labute approximate surface area is 81.1 Å². The first-order valence-electron chi connectivity index (χ1n) is 3.20. The lowest BCUT2D eigenvalue weighted by atomic mass is 10.4. The first-order valence-corrected chi connectivity index (χ1v) is 4.81. The van der Waals surface area contributed by atoms with Gasteiger partial charge in [0.25, 0.3) is 5.92 Å². The van der Waals surface area contributed by atoms with Crippen molar-refractivity contribution in [3.8, 4) is 0 Å². The van der Waals surface area contributed by atoms with E-state index in [1.165, 1.54) is 11.3 Å². The van der Waals surface area contributed by atoms with Crippen LogP contribution in [-0.2, 0) is 0 Å². The van der Waals surface area contributed by atoms with Crippen LogP contribution < -0.4 is 5.32 Å². The summed E-state index contributed by atoms with van der Waals surface area (Å²) >= 11 is 4.47. The maximum absolute atomic E-state index is 12.3. The average molecular weight is 257 g/mol. The van der Waals surface area contributed by atoms with Crippen molar-refractivity contribution in [2.45, 2.75) is 12.8 Å². The van der Waals surface area contributed by atoms with Crippen LogP contribution in [0.25, 0.3) is 0 Å². The molecule has 1 heterocycles. The monoisotopic (exact) mass is 256 g/mol. The summed E-state index contributed by atoms with van der Waals surface area (Å²) in [4.78, 5) is 3.85. The third kappa shape index (κ3) is 3.44. The summed E-state index contributed by atoms with van der Waals surface area (Å²) in [5.41, 5.74) is 0. The Balaban J connectivity index is 2.44. The van der Waals surface area contributed by atoms with Crippen molar-refractivity contribution in [1.82, 2.24) is 4.98 Å². The molecule has 0 bridgehead atoms. The smallest absolute Gasteiger partial charge is 0.262 e. The zero-order valence-corrected chi connectivity index (χ0v) is 8.68. The number of alkyl halides is 2. The molecule has 12 heavy (non-hydrogen) atoms. The highest BCUT2D eigenvalue weighted by Gasteiger charge is 2.20. The molecule has 0 amide bonds. The number of thiazole rings is 1. The van der Waals surface area contributed by atoms with Gasteiger partial charge in [-0.2, -0.15) is 0 Å². The first-order chi connectivity index (χ1) is 5.47. The second-order valence-corrected chi connectivity index (χ2v) is 4.80. The van der Waals surface area contributed by atoms with E-state index in [0.29, 0.717) is 5.13 Å². The molecule has 1 N–H and O–H groups in total. The number of hydrogen-bond acceptors (Lipinski definition) is 3. The number of nitrogens with zero attached hydrogens (tertiary/aromatic N) is 1. The van der Waals surface area contributed by atoms with Crippen molar-refractivity contribution in [3.63, 3.8) is 0 Å². The Kier molecular flexibility index (Phi) is 3.00. The quantitative estimate of drug-likeness (QED) is 0.900.